The molecule has 3 nitrogen and oxygen atoms in total. The van der Waals surface area contributed by atoms with Crippen LogP contribution in [0, 0.1) is 0 Å². The van der Waals surface area contributed by atoms with Crippen molar-refractivity contribution >= 4 is 21.4 Å². The molecule has 2 aromatic carbocycles. The Hall–Kier alpha value is -2.67. The van der Waals surface area contributed by atoms with Crippen LogP contribution in [0.1, 0.15) is 17.4 Å². The van der Waals surface area contributed by atoms with Crippen molar-refractivity contribution in [3.8, 4) is 16.9 Å². The number of nitrogens with zero attached hydrogens (tertiary/aromatic N) is 2. The smallest absolute Gasteiger partial charge is 0.267 e. The number of aromatic nitrogens is 2. The first-order chi connectivity index (χ1) is 12.4. The van der Waals surface area contributed by atoms with Crippen molar-refractivity contribution in [2.24, 2.45) is 0 Å². The van der Waals surface area contributed by atoms with Crippen LogP contribution in [0.5, 0.6) is 0 Å². The van der Waals surface area contributed by atoms with Gasteiger partial charge in [-0.15, -0.1) is 11.3 Å². The summed E-state index contributed by atoms with van der Waals surface area (Å²) >= 11 is 1.54. The van der Waals surface area contributed by atoms with Crippen LogP contribution in [-0.2, 0) is 12.6 Å². The fraction of sp³-hybridized carbons (Fsp3) is 0.158. The number of fused-ring (bicyclic) bond motifs is 3. The summed E-state index contributed by atoms with van der Waals surface area (Å²) in [5, 5.41) is 5.31. The predicted octanol–water partition coefficient (Wildman–Crippen LogP) is 5.13. The first-order valence-electron chi connectivity index (χ1n) is 8.01. The van der Waals surface area contributed by atoms with Gasteiger partial charge in [0.05, 0.1) is 16.8 Å². The van der Waals surface area contributed by atoms with E-state index in [1.165, 1.54) is 16.8 Å². The second-order valence-electron chi connectivity index (χ2n) is 5.86. The number of halogens is 3. The number of benzene rings is 2. The van der Waals surface area contributed by atoms with Crippen LogP contribution < -0.4 is 5.56 Å². The van der Waals surface area contributed by atoms with Crippen molar-refractivity contribution in [2.45, 2.75) is 19.5 Å². The zero-order valence-corrected chi connectivity index (χ0v) is 14.5. The second kappa shape index (κ2) is 5.95. The molecule has 0 N–H and O–H groups in total. The number of rotatable bonds is 2. The third kappa shape index (κ3) is 2.59. The first-order valence-corrected chi connectivity index (χ1v) is 8.83. The van der Waals surface area contributed by atoms with Gasteiger partial charge in [-0.2, -0.15) is 23.0 Å². The topological polar surface area (TPSA) is 34.9 Å². The average molecular weight is 374 g/mol. The molecular formula is C19H13F3N2OS. The molecule has 2 aliphatic heterocycles. The van der Waals surface area contributed by atoms with E-state index in [2.05, 4.69) is 5.10 Å². The predicted molar refractivity (Wildman–Crippen MR) is 96.2 cm³/mol. The lowest BCUT2D eigenvalue weighted by Gasteiger charge is -2.07. The molecule has 0 fully saturated rings. The van der Waals surface area contributed by atoms with E-state index in [1.54, 1.807) is 11.3 Å². The van der Waals surface area contributed by atoms with Crippen LogP contribution >= 0.6 is 11.3 Å². The van der Waals surface area contributed by atoms with Gasteiger partial charge in [-0.05, 0) is 36.8 Å². The fourth-order valence-corrected chi connectivity index (χ4v) is 4.11. The Balaban J connectivity index is 1.97. The number of alkyl halides is 3. The fourth-order valence-electron chi connectivity index (χ4n) is 2.99. The van der Waals surface area contributed by atoms with Gasteiger partial charge in [0.25, 0.3) is 5.56 Å². The Kier molecular flexibility index (Phi) is 3.84. The molecule has 7 heteroatoms. The second-order valence-corrected chi connectivity index (χ2v) is 7.00. The monoisotopic (exact) mass is 374 g/mol. The lowest BCUT2D eigenvalue weighted by molar-refractivity contribution is -0.137. The first kappa shape index (κ1) is 16.8. The number of hydrogen-bond acceptors (Lipinski definition) is 3. The van der Waals surface area contributed by atoms with E-state index >= 15 is 0 Å². The van der Waals surface area contributed by atoms with Gasteiger partial charge in [-0.1, -0.05) is 25.1 Å². The van der Waals surface area contributed by atoms with Gasteiger partial charge < -0.3 is 0 Å². The Labute approximate surface area is 150 Å². The van der Waals surface area contributed by atoms with Crippen molar-refractivity contribution in [3.63, 3.8) is 0 Å². The van der Waals surface area contributed by atoms with Crippen molar-refractivity contribution in [2.75, 3.05) is 0 Å². The van der Waals surface area contributed by atoms with E-state index in [0.29, 0.717) is 23.4 Å². The van der Waals surface area contributed by atoms with Gasteiger partial charge >= 0.3 is 6.18 Å². The Morgan fingerprint density at radius 2 is 1.77 bits per heavy atom. The van der Waals surface area contributed by atoms with E-state index in [4.69, 9.17) is 0 Å². The highest BCUT2D eigenvalue weighted by atomic mass is 32.1. The summed E-state index contributed by atoms with van der Waals surface area (Å²) in [6, 6.07) is 12.1. The summed E-state index contributed by atoms with van der Waals surface area (Å²) in [5.41, 5.74) is 0.374. The van der Waals surface area contributed by atoms with Gasteiger partial charge in [-0.25, -0.2) is 0 Å². The molecule has 2 heterocycles. The highest BCUT2D eigenvalue weighted by Gasteiger charge is 2.30. The van der Waals surface area contributed by atoms with E-state index in [-0.39, 0.29) is 5.56 Å². The standard InChI is InChI=1S/C19H13F3N2OS/c1-2-14-16-17(13-5-3-4-6-15(13)26-14)23-24(18(16)25)12-9-7-11(8-10-12)19(20,21)22/h3-10H,2H2,1H3. The molecule has 0 saturated heterocycles. The molecule has 0 atom stereocenters. The average Bonchev–Trinajstić information content (AvgIpc) is 2.98. The third-order valence-electron chi connectivity index (χ3n) is 4.26. The van der Waals surface area contributed by atoms with Crippen LogP contribution in [0.25, 0.3) is 27.0 Å². The van der Waals surface area contributed by atoms with Gasteiger partial charge in [0.15, 0.2) is 0 Å². The van der Waals surface area contributed by atoms with Crippen LogP contribution in [-0.4, -0.2) is 9.78 Å². The van der Waals surface area contributed by atoms with Crippen LogP contribution in [0.3, 0.4) is 0 Å². The summed E-state index contributed by atoms with van der Waals surface area (Å²) < 4.78 is 40.5. The minimum absolute atomic E-state index is 0.307. The molecule has 0 amide bonds. The Morgan fingerprint density at radius 1 is 1.08 bits per heavy atom. The molecule has 0 unspecified atom stereocenters. The molecule has 26 heavy (non-hydrogen) atoms. The summed E-state index contributed by atoms with van der Waals surface area (Å²) in [6.07, 6.45) is -3.74. The molecule has 2 aromatic rings. The summed E-state index contributed by atoms with van der Waals surface area (Å²) in [4.78, 5) is 13.8. The van der Waals surface area contributed by atoms with Crippen LogP contribution in [0.4, 0.5) is 13.2 Å². The van der Waals surface area contributed by atoms with E-state index < -0.39 is 11.7 Å². The summed E-state index contributed by atoms with van der Waals surface area (Å²) in [7, 11) is 0. The number of aryl methyl sites for hydroxylation is 1. The zero-order valence-electron chi connectivity index (χ0n) is 13.7. The molecule has 0 radical (unpaired) electrons. The summed E-state index contributed by atoms with van der Waals surface area (Å²) in [6.45, 7) is 1.97. The molecule has 132 valence electrons. The lowest BCUT2D eigenvalue weighted by Crippen LogP contribution is -2.15. The maximum absolute atomic E-state index is 12.9. The summed E-state index contributed by atoms with van der Waals surface area (Å²) in [5.74, 6) is 0. The molecule has 2 aliphatic rings. The van der Waals surface area contributed by atoms with Gasteiger partial charge in [0.1, 0.15) is 5.69 Å². The van der Waals surface area contributed by atoms with Crippen LogP contribution in [0.15, 0.2) is 53.3 Å². The largest absolute Gasteiger partial charge is 0.416 e. The van der Waals surface area contributed by atoms with Crippen molar-refractivity contribution < 1.29 is 13.2 Å². The molecule has 0 bridgehead atoms. The van der Waals surface area contributed by atoms with E-state index in [1.807, 2.05) is 31.2 Å². The molecular weight excluding hydrogens is 361 g/mol. The van der Waals surface area contributed by atoms with Crippen molar-refractivity contribution in [3.05, 3.63) is 69.3 Å². The molecule has 0 spiro atoms. The lowest BCUT2D eigenvalue weighted by atomic mass is 10.1. The van der Waals surface area contributed by atoms with Gasteiger partial charge in [0.2, 0.25) is 0 Å². The van der Waals surface area contributed by atoms with E-state index in [0.717, 1.165) is 27.1 Å². The third-order valence-corrected chi connectivity index (χ3v) is 5.57. The molecule has 0 saturated carbocycles. The molecule has 0 aromatic heterocycles. The molecule has 0 aliphatic carbocycles. The van der Waals surface area contributed by atoms with E-state index in [9.17, 15) is 18.0 Å². The maximum atomic E-state index is 12.9. The van der Waals surface area contributed by atoms with Crippen molar-refractivity contribution in [1.82, 2.24) is 9.78 Å². The Bertz CT molecular complexity index is 1130. The molecule has 4 rings (SSSR count). The van der Waals surface area contributed by atoms with Crippen molar-refractivity contribution in [1.29, 1.82) is 0 Å². The SMILES string of the molecule is CCc1sc2ccccc2c2nn(-c3ccc(C(F)(F)F)cc3)c(=O)c1-2. The zero-order chi connectivity index (χ0) is 18.5. The Morgan fingerprint density at radius 3 is 2.42 bits per heavy atom. The van der Waals surface area contributed by atoms with Gasteiger partial charge in [0, 0.05) is 15.0 Å². The number of hydrogen-bond donors (Lipinski definition) is 0. The normalized spacial score (nSPS) is 12.2. The highest BCUT2D eigenvalue weighted by molar-refractivity contribution is 7.19. The van der Waals surface area contributed by atoms with Gasteiger partial charge in [-0.3, -0.25) is 4.79 Å². The highest BCUT2D eigenvalue weighted by Crippen LogP contribution is 2.35. The quantitative estimate of drug-likeness (QED) is 0.487. The van der Waals surface area contributed by atoms with Crippen LogP contribution in [0.2, 0.25) is 0 Å². The minimum atomic E-state index is -4.42. The maximum Gasteiger partial charge on any atom is 0.416 e. The minimum Gasteiger partial charge on any atom is -0.267 e.